The van der Waals surface area contributed by atoms with Crippen molar-refractivity contribution >= 4 is 17.1 Å². The van der Waals surface area contributed by atoms with Crippen molar-refractivity contribution in [1.82, 2.24) is 34.1 Å². The van der Waals surface area contributed by atoms with E-state index in [0.717, 1.165) is 75.1 Å². The van der Waals surface area contributed by atoms with Crippen molar-refractivity contribution in [3.63, 3.8) is 0 Å². The Morgan fingerprint density at radius 2 is 1.76 bits per heavy atom. The summed E-state index contributed by atoms with van der Waals surface area (Å²) < 4.78 is 8.59. The van der Waals surface area contributed by atoms with Crippen molar-refractivity contribution in [2.75, 3.05) is 45.9 Å². The Hall–Kier alpha value is -3.64. The zero-order valence-corrected chi connectivity index (χ0v) is 21.7. The van der Waals surface area contributed by atoms with Crippen LogP contribution in [0, 0.1) is 0 Å². The van der Waals surface area contributed by atoms with E-state index >= 15 is 0 Å². The number of ether oxygens (including phenoxy) is 1. The van der Waals surface area contributed by atoms with Gasteiger partial charge in [-0.25, -0.2) is 9.78 Å². The van der Waals surface area contributed by atoms with Crippen molar-refractivity contribution in [3.05, 3.63) is 45.1 Å². The molecule has 1 saturated heterocycles. The Morgan fingerprint density at radius 1 is 1.05 bits per heavy atom. The van der Waals surface area contributed by atoms with Crippen LogP contribution in [0.5, 0.6) is 5.75 Å². The van der Waals surface area contributed by atoms with Gasteiger partial charge in [-0.15, -0.1) is 10.2 Å². The average molecular weight is 523 g/mol. The molecule has 1 aliphatic carbocycles. The van der Waals surface area contributed by atoms with E-state index in [0.29, 0.717) is 18.0 Å². The average Bonchev–Trinajstić information content (AvgIpc) is 3.49. The quantitative estimate of drug-likeness (QED) is 0.420. The van der Waals surface area contributed by atoms with Crippen LogP contribution in [-0.2, 0) is 11.8 Å². The maximum absolute atomic E-state index is 12.8. The molecule has 2 aliphatic rings. The highest BCUT2D eigenvalue weighted by molar-refractivity contribution is 5.78. The third-order valence-corrected chi connectivity index (χ3v) is 7.49. The molecule has 0 spiro atoms. The number of hydrogen-bond donors (Lipinski definition) is 1. The lowest BCUT2D eigenvalue weighted by atomic mass is 10.2. The smallest absolute Gasteiger partial charge is 0.332 e. The highest BCUT2D eigenvalue weighted by atomic mass is 16.5. The van der Waals surface area contributed by atoms with Crippen molar-refractivity contribution in [3.8, 4) is 17.1 Å². The first-order valence-electron chi connectivity index (χ1n) is 13.3. The SMILES string of the molecule is Cn1c(=O)c2nc(-c3ccc(OCCCN4CCN(C(=O)CN)CC4)cc3)nnc2n(C2CCCC2)c1=O. The van der Waals surface area contributed by atoms with E-state index < -0.39 is 5.56 Å². The fourth-order valence-electron chi connectivity index (χ4n) is 5.27. The number of benzene rings is 1. The van der Waals surface area contributed by atoms with Crippen molar-refractivity contribution in [2.45, 2.75) is 38.1 Å². The van der Waals surface area contributed by atoms with Crippen LogP contribution in [0.4, 0.5) is 0 Å². The summed E-state index contributed by atoms with van der Waals surface area (Å²) in [7, 11) is 1.48. The number of carbonyl (C=O) groups is 1. The Balaban J connectivity index is 1.21. The minimum absolute atomic E-state index is 0.00748. The van der Waals surface area contributed by atoms with E-state index in [1.54, 1.807) is 4.57 Å². The van der Waals surface area contributed by atoms with Crippen LogP contribution in [0.3, 0.4) is 0 Å². The molecule has 0 radical (unpaired) electrons. The van der Waals surface area contributed by atoms with Crippen LogP contribution >= 0.6 is 0 Å². The van der Waals surface area contributed by atoms with Gasteiger partial charge in [-0.3, -0.25) is 23.6 Å². The van der Waals surface area contributed by atoms with E-state index in [1.165, 1.54) is 7.05 Å². The Bertz CT molecular complexity index is 1400. The fraction of sp³-hybridized carbons (Fsp3) is 0.538. The number of aromatic nitrogens is 5. The summed E-state index contributed by atoms with van der Waals surface area (Å²) in [4.78, 5) is 46.0. The first-order valence-corrected chi connectivity index (χ1v) is 13.3. The minimum Gasteiger partial charge on any atom is -0.494 e. The number of rotatable bonds is 8. The Kier molecular flexibility index (Phi) is 7.79. The summed E-state index contributed by atoms with van der Waals surface area (Å²) in [6, 6.07) is 7.38. The van der Waals surface area contributed by atoms with Crippen LogP contribution < -0.4 is 21.7 Å². The van der Waals surface area contributed by atoms with Gasteiger partial charge in [0.2, 0.25) is 5.91 Å². The Labute approximate surface area is 220 Å². The number of carbonyl (C=O) groups excluding carboxylic acids is 1. The zero-order valence-electron chi connectivity index (χ0n) is 21.7. The molecule has 12 heteroatoms. The summed E-state index contributed by atoms with van der Waals surface area (Å²) in [6.07, 6.45) is 4.72. The van der Waals surface area contributed by atoms with E-state index in [1.807, 2.05) is 29.2 Å². The van der Waals surface area contributed by atoms with Crippen LogP contribution in [0.15, 0.2) is 33.9 Å². The molecule has 0 unspecified atom stereocenters. The normalized spacial score (nSPS) is 16.8. The van der Waals surface area contributed by atoms with Crippen molar-refractivity contribution in [1.29, 1.82) is 0 Å². The number of fused-ring (bicyclic) bond motifs is 1. The molecule has 1 aliphatic heterocycles. The molecule has 0 atom stereocenters. The third kappa shape index (κ3) is 5.32. The van der Waals surface area contributed by atoms with Crippen LogP contribution in [0.25, 0.3) is 22.6 Å². The molecule has 3 aromatic rings. The van der Waals surface area contributed by atoms with E-state index in [2.05, 4.69) is 20.1 Å². The maximum atomic E-state index is 12.8. The van der Waals surface area contributed by atoms with E-state index in [4.69, 9.17) is 10.5 Å². The van der Waals surface area contributed by atoms with Gasteiger partial charge in [-0.1, -0.05) is 12.8 Å². The van der Waals surface area contributed by atoms with E-state index in [-0.39, 0.29) is 35.3 Å². The van der Waals surface area contributed by atoms with Gasteiger partial charge in [-0.05, 0) is 43.5 Å². The lowest BCUT2D eigenvalue weighted by Gasteiger charge is -2.34. The highest BCUT2D eigenvalue weighted by Gasteiger charge is 2.24. The van der Waals surface area contributed by atoms with Crippen LogP contribution in [0.2, 0.25) is 0 Å². The largest absolute Gasteiger partial charge is 0.494 e. The second kappa shape index (κ2) is 11.4. The van der Waals surface area contributed by atoms with Gasteiger partial charge in [0.25, 0.3) is 5.56 Å². The maximum Gasteiger partial charge on any atom is 0.332 e. The van der Waals surface area contributed by atoms with Crippen molar-refractivity contribution in [2.24, 2.45) is 12.8 Å². The lowest BCUT2D eigenvalue weighted by molar-refractivity contribution is -0.131. The molecule has 1 saturated carbocycles. The predicted molar refractivity (Wildman–Crippen MR) is 142 cm³/mol. The molecule has 1 aromatic carbocycles. The van der Waals surface area contributed by atoms with E-state index in [9.17, 15) is 14.4 Å². The summed E-state index contributed by atoms with van der Waals surface area (Å²) in [5, 5.41) is 8.54. The fourth-order valence-corrected chi connectivity index (χ4v) is 5.27. The minimum atomic E-state index is -0.470. The van der Waals surface area contributed by atoms with Gasteiger partial charge in [0, 0.05) is 51.4 Å². The van der Waals surface area contributed by atoms with Gasteiger partial charge >= 0.3 is 5.69 Å². The monoisotopic (exact) mass is 522 g/mol. The Morgan fingerprint density at radius 3 is 2.45 bits per heavy atom. The van der Waals surface area contributed by atoms with Crippen molar-refractivity contribution < 1.29 is 9.53 Å². The van der Waals surface area contributed by atoms with Gasteiger partial charge < -0.3 is 15.4 Å². The second-order valence-electron chi connectivity index (χ2n) is 9.92. The summed E-state index contributed by atoms with van der Waals surface area (Å²) in [5.41, 5.74) is 5.71. The van der Waals surface area contributed by atoms with Gasteiger partial charge in [0.05, 0.1) is 13.2 Å². The molecule has 5 rings (SSSR count). The first kappa shape index (κ1) is 26.0. The number of nitrogens with two attached hydrogens (primary N) is 1. The molecule has 2 N–H and O–H groups in total. The molecular formula is C26H34N8O4. The first-order chi connectivity index (χ1) is 18.5. The topological polar surface area (TPSA) is 141 Å². The third-order valence-electron chi connectivity index (χ3n) is 7.49. The number of nitrogens with zero attached hydrogens (tertiary/aromatic N) is 7. The number of amides is 1. The number of piperazine rings is 1. The summed E-state index contributed by atoms with van der Waals surface area (Å²) in [5.74, 6) is 1.06. The highest BCUT2D eigenvalue weighted by Crippen LogP contribution is 2.29. The van der Waals surface area contributed by atoms with Crippen LogP contribution in [0.1, 0.15) is 38.1 Å². The molecule has 12 nitrogen and oxygen atoms in total. The summed E-state index contributed by atoms with van der Waals surface area (Å²) in [6.45, 7) is 4.67. The molecule has 38 heavy (non-hydrogen) atoms. The molecule has 0 bridgehead atoms. The van der Waals surface area contributed by atoms with Crippen LogP contribution in [-0.4, -0.2) is 85.9 Å². The predicted octanol–water partition coefficient (Wildman–Crippen LogP) is 0.539. The second-order valence-corrected chi connectivity index (χ2v) is 9.92. The van der Waals surface area contributed by atoms with Gasteiger partial charge in [0.1, 0.15) is 5.75 Å². The molecule has 2 fully saturated rings. The summed E-state index contributed by atoms with van der Waals surface area (Å²) >= 11 is 0. The molecule has 2 aromatic heterocycles. The lowest BCUT2D eigenvalue weighted by Crippen LogP contribution is -2.50. The van der Waals surface area contributed by atoms with Gasteiger partial charge in [-0.2, -0.15) is 0 Å². The number of hydrogen-bond acceptors (Lipinski definition) is 9. The molecule has 202 valence electrons. The zero-order chi connectivity index (χ0) is 26.6. The standard InChI is InChI=1S/C26H34N8O4/c1-31-25(36)22-24(34(26(31)37)19-5-2-3-6-19)30-29-23(28-22)18-7-9-20(10-8-18)38-16-4-11-32-12-14-33(15-13-32)21(35)17-27/h7-10,19H,2-6,11-17,27H2,1H3. The van der Waals surface area contributed by atoms with Gasteiger partial charge in [0.15, 0.2) is 17.0 Å². The molecule has 1 amide bonds. The molecular weight excluding hydrogens is 488 g/mol. The molecule has 3 heterocycles.